The third-order valence-corrected chi connectivity index (χ3v) is 3.72. The summed E-state index contributed by atoms with van der Waals surface area (Å²) in [6.45, 7) is 1.93. The molecule has 0 aromatic heterocycles. The molecule has 1 aromatic rings. The van der Waals surface area contributed by atoms with Gasteiger partial charge in [0.05, 0.1) is 25.7 Å². The summed E-state index contributed by atoms with van der Waals surface area (Å²) in [6, 6.07) is 7.73. The maximum Gasteiger partial charge on any atom is 0.303 e. The van der Waals surface area contributed by atoms with Crippen molar-refractivity contribution in [1.29, 1.82) is 5.26 Å². The minimum Gasteiger partial charge on any atom is -0.497 e. The second kappa shape index (κ2) is 7.53. The van der Waals surface area contributed by atoms with Gasteiger partial charge >= 0.3 is 5.97 Å². The van der Waals surface area contributed by atoms with E-state index in [0.29, 0.717) is 30.8 Å². The summed E-state index contributed by atoms with van der Waals surface area (Å²) in [5, 5.41) is 18.4. The molecule has 0 fully saturated rings. The van der Waals surface area contributed by atoms with Gasteiger partial charge in [-0.05, 0) is 37.0 Å². The number of hydrogen-bond donors (Lipinski definition) is 1. The van der Waals surface area contributed by atoms with E-state index in [1.807, 2.05) is 19.1 Å². The summed E-state index contributed by atoms with van der Waals surface area (Å²) in [5.41, 5.74) is 0.0752. The van der Waals surface area contributed by atoms with Crippen LogP contribution in [-0.4, -0.2) is 25.3 Å². The molecule has 0 aliphatic rings. The van der Waals surface area contributed by atoms with E-state index in [1.165, 1.54) is 0 Å². The number of aliphatic carboxylic acids is 1. The second-order valence-corrected chi connectivity index (χ2v) is 4.90. The normalized spacial score (nSPS) is 13.0. The van der Waals surface area contributed by atoms with Crippen LogP contribution < -0.4 is 9.47 Å². The minimum atomic E-state index is -0.846. The molecule has 5 nitrogen and oxygen atoms in total. The first-order valence-corrected chi connectivity index (χ1v) is 6.88. The van der Waals surface area contributed by atoms with E-state index in [0.717, 1.165) is 5.56 Å². The zero-order valence-electron chi connectivity index (χ0n) is 12.7. The number of carbonyl (C=O) groups is 1. The molecule has 1 atom stereocenters. The number of ether oxygens (including phenoxy) is 2. The number of hydrogen-bond acceptors (Lipinski definition) is 4. The maximum atomic E-state index is 10.7. The molecule has 21 heavy (non-hydrogen) atoms. The molecule has 1 aromatic carbocycles. The van der Waals surface area contributed by atoms with Crippen molar-refractivity contribution in [2.75, 3.05) is 14.2 Å². The number of benzene rings is 1. The van der Waals surface area contributed by atoms with Crippen LogP contribution in [0.1, 0.15) is 38.2 Å². The Hall–Kier alpha value is -2.22. The van der Waals surface area contributed by atoms with E-state index in [9.17, 15) is 10.1 Å². The van der Waals surface area contributed by atoms with Crippen LogP contribution in [0.25, 0.3) is 0 Å². The van der Waals surface area contributed by atoms with E-state index < -0.39 is 11.4 Å². The van der Waals surface area contributed by atoms with Gasteiger partial charge in [-0.2, -0.15) is 5.26 Å². The smallest absolute Gasteiger partial charge is 0.303 e. The van der Waals surface area contributed by atoms with Crippen LogP contribution in [0.2, 0.25) is 0 Å². The molecule has 0 spiro atoms. The predicted octanol–water partition coefficient (Wildman–Crippen LogP) is 3.13. The molecule has 0 bridgehead atoms. The van der Waals surface area contributed by atoms with Crippen LogP contribution in [0.5, 0.6) is 11.5 Å². The molecular formula is C16H21NO4. The molecule has 1 unspecified atom stereocenters. The van der Waals surface area contributed by atoms with E-state index in [4.69, 9.17) is 14.6 Å². The lowest BCUT2D eigenvalue weighted by Gasteiger charge is -2.26. The zero-order chi connectivity index (χ0) is 15.9. The Morgan fingerprint density at radius 3 is 2.24 bits per heavy atom. The van der Waals surface area contributed by atoms with Gasteiger partial charge in [0.2, 0.25) is 0 Å². The Morgan fingerprint density at radius 2 is 1.86 bits per heavy atom. The summed E-state index contributed by atoms with van der Waals surface area (Å²) in [5.74, 6) is 0.396. The molecule has 0 aliphatic heterocycles. The zero-order valence-corrected chi connectivity index (χ0v) is 12.7. The average Bonchev–Trinajstić information content (AvgIpc) is 2.51. The van der Waals surface area contributed by atoms with Crippen molar-refractivity contribution in [3.05, 3.63) is 23.8 Å². The van der Waals surface area contributed by atoms with Gasteiger partial charge in [0.15, 0.2) is 0 Å². The molecule has 0 saturated heterocycles. The highest BCUT2D eigenvalue weighted by atomic mass is 16.5. The lowest BCUT2D eigenvalue weighted by Crippen LogP contribution is -2.23. The van der Waals surface area contributed by atoms with Crippen molar-refractivity contribution < 1.29 is 19.4 Å². The first-order chi connectivity index (χ1) is 10.0. The highest BCUT2D eigenvalue weighted by molar-refractivity contribution is 5.66. The number of nitrogens with zero attached hydrogens (tertiary/aromatic N) is 1. The summed E-state index contributed by atoms with van der Waals surface area (Å²) in [7, 11) is 3.12. The van der Waals surface area contributed by atoms with Gasteiger partial charge in [-0.15, -0.1) is 0 Å². The molecule has 114 valence electrons. The fraction of sp³-hybridized carbons (Fsp3) is 0.500. The van der Waals surface area contributed by atoms with Crippen molar-refractivity contribution in [2.45, 2.75) is 38.0 Å². The summed E-state index contributed by atoms with van der Waals surface area (Å²) in [4.78, 5) is 10.7. The Bertz CT molecular complexity index is 513. The highest BCUT2D eigenvalue weighted by Gasteiger charge is 2.31. The van der Waals surface area contributed by atoms with Gasteiger partial charge in [0.1, 0.15) is 11.5 Å². The summed E-state index contributed by atoms with van der Waals surface area (Å²) in [6.07, 6.45) is 1.60. The second-order valence-electron chi connectivity index (χ2n) is 4.90. The standard InChI is InChI=1S/C16H21NO4/c1-4-16(11-17,7-5-6-15(18)19)12-8-13(20-2)10-14(9-12)21-3/h8-10H,4-7H2,1-3H3,(H,18,19). The van der Waals surface area contributed by atoms with Gasteiger partial charge < -0.3 is 14.6 Å². The van der Waals surface area contributed by atoms with E-state index in [-0.39, 0.29) is 6.42 Å². The van der Waals surface area contributed by atoms with Crippen LogP contribution in [0.4, 0.5) is 0 Å². The topological polar surface area (TPSA) is 79.6 Å². The fourth-order valence-corrected chi connectivity index (χ4v) is 2.35. The molecule has 0 radical (unpaired) electrons. The Morgan fingerprint density at radius 1 is 1.29 bits per heavy atom. The quantitative estimate of drug-likeness (QED) is 0.796. The Labute approximate surface area is 125 Å². The third-order valence-electron chi connectivity index (χ3n) is 3.72. The summed E-state index contributed by atoms with van der Waals surface area (Å²) < 4.78 is 10.5. The summed E-state index contributed by atoms with van der Waals surface area (Å²) >= 11 is 0. The first kappa shape index (κ1) is 16.8. The number of rotatable bonds is 8. The fourth-order valence-electron chi connectivity index (χ4n) is 2.35. The number of nitriles is 1. The van der Waals surface area contributed by atoms with Gasteiger partial charge in [0.25, 0.3) is 0 Å². The van der Waals surface area contributed by atoms with Crippen LogP contribution >= 0.6 is 0 Å². The third kappa shape index (κ3) is 4.12. The Kier molecular flexibility index (Phi) is 6.04. The molecule has 0 amide bonds. The van der Waals surface area contributed by atoms with Gasteiger partial charge in [-0.3, -0.25) is 4.79 Å². The maximum absolute atomic E-state index is 10.7. The predicted molar refractivity (Wildman–Crippen MR) is 78.6 cm³/mol. The van der Waals surface area contributed by atoms with Crippen molar-refractivity contribution in [3.63, 3.8) is 0 Å². The first-order valence-electron chi connectivity index (χ1n) is 6.88. The molecule has 5 heteroatoms. The van der Waals surface area contributed by atoms with Crippen molar-refractivity contribution in [1.82, 2.24) is 0 Å². The number of carboxylic acid groups (broad SMARTS) is 1. The van der Waals surface area contributed by atoms with Crippen molar-refractivity contribution >= 4 is 5.97 Å². The number of carboxylic acids is 1. The van der Waals surface area contributed by atoms with Gasteiger partial charge in [-0.1, -0.05) is 6.92 Å². The highest BCUT2D eigenvalue weighted by Crippen LogP contribution is 2.37. The largest absolute Gasteiger partial charge is 0.497 e. The molecule has 0 aliphatic carbocycles. The molecule has 0 heterocycles. The van der Waals surface area contributed by atoms with Crippen LogP contribution in [0.15, 0.2) is 18.2 Å². The minimum absolute atomic E-state index is 0.0601. The Balaban J connectivity index is 3.14. The van der Waals surface area contributed by atoms with Gasteiger partial charge in [0, 0.05) is 12.5 Å². The van der Waals surface area contributed by atoms with E-state index >= 15 is 0 Å². The molecule has 0 saturated carbocycles. The van der Waals surface area contributed by atoms with E-state index in [1.54, 1.807) is 20.3 Å². The van der Waals surface area contributed by atoms with Gasteiger partial charge in [-0.25, -0.2) is 0 Å². The monoisotopic (exact) mass is 291 g/mol. The van der Waals surface area contributed by atoms with Crippen LogP contribution in [0.3, 0.4) is 0 Å². The molecular weight excluding hydrogens is 270 g/mol. The number of methoxy groups -OCH3 is 2. The van der Waals surface area contributed by atoms with Crippen molar-refractivity contribution in [3.8, 4) is 17.6 Å². The van der Waals surface area contributed by atoms with Crippen LogP contribution in [0, 0.1) is 11.3 Å². The lowest BCUT2D eigenvalue weighted by molar-refractivity contribution is -0.137. The SMILES string of the molecule is CCC(C#N)(CCCC(=O)O)c1cc(OC)cc(OC)c1. The lowest BCUT2D eigenvalue weighted by atomic mass is 9.75. The van der Waals surface area contributed by atoms with Crippen LogP contribution in [-0.2, 0) is 10.2 Å². The molecule has 1 N–H and O–H groups in total. The van der Waals surface area contributed by atoms with E-state index in [2.05, 4.69) is 6.07 Å². The van der Waals surface area contributed by atoms with Crippen molar-refractivity contribution in [2.24, 2.45) is 0 Å². The molecule has 1 rings (SSSR count). The average molecular weight is 291 g/mol.